The summed E-state index contributed by atoms with van der Waals surface area (Å²) in [6.45, 7) is 12.1. The number of phenolic OH excluding ortho intramolecular Hbond substituents is 2. The first-order valence-corrected chi connectivity index (χ1v) is 12.1. The van der Waals surface area contributed by atoms with Crippen LogP contribution < -0.4 is 0 Å². The van der Waals surface area contributed by atoms with Gasteiger partial charge in [0.15, 0.2) is 17.2 Å². The second kappa shape index (κ2) is 7.44. The molecule has 1 aliphatic heterocycles. The van der Waals surface area contributed by atoms with Gasteiger partial charge in [-0.15, -0.1) is 11.6 Å². The highest BCUT2D eigenvalue weighted by molar-refractivity contribution is 9.09. The lowest BCUT2D eigenvalue weighted by molar-refractivity contribution is -0.116. The molecule has 4 atom stereocenters. The first kappa shape index (κ1) is 23.5. The Morgan fingerprint density at radius 1 is 1.22 bits per heavy atom. The van der Waals surface area contributed by atoms with Crippen molar-refractivity contribution in [1.29, 1.82) is 0 Å². The predicted molar refractivity (Wildman–Crippen MR) is 127 cm³/mol. The first-order valence-electron chi connectivity index (χ1n) is 10.8. The summed E-state index contributed by atoms with van der Waals surface area (Å²) in [4.78, 5) is 27.9. The lowest BCUT2D eigenvalue weighted by Crippen LogP contribution is -2.60. The van der Waals surface area contributed by atoms with E-state index in [9.17, 15) is 19.8 Å². The number of ketones is 2. The molecule has 4 rings (SSSR count). The van der Waals surface area contributed by atoms with Crippen LogP contribution in [0.2, 0.25) is 0 Å². The molecule has 32 heavy (non-hydrogen) atoms. The summed E-state index contributed by atoms with van der Waals surface area (Å²) >= 11 is 10.3. The molecule has 1 aromatic rings. The summed E-state index contributed by atoms with van der Waals surface area (Å²) in [5.74, 6) is -1.81. The van der Waals surface area contributed by atoms with E-state index in [1.807, 2.05) is 0 Å². The van der Waals surface area contributed by atoms with Crippen molar-refractivity contribution in [3.8, 4) is 11.5 Å². The van der Waals surface area contributed by atoms with Crippen LogP contribution in [0, 0.1) is 11.3 Å². The summed E-state index contributed by atoms with van der Waals surface area (Å²) in [5.41, 5.74) is -1.76. The molecule has 2 aliphatic carbocycles. The Kier molecular flexibility index (Phi) is 5.47. The van der Waals surface area contributed by atoms with Gasteiger partial charge in [-0.1, -0.05) is 48.0 Å². The van der Waals surface area contributed by atoms with E-state index < -0.39 is 33.9 Å². The molecule has 5 nitrogen and oxygen atoms in total. The van der Waals surface area contributed by atoms with Crippen LogP contribution in [0.3, 0.4) is 0 Å². The molecule has 0 radical (unpaired) electrons. The largest absolute Gasteiger partial charge is 0.508 e. The number of aromatic hydroxyl groups is 2. The van der Waals surface area contributed by atoms with Crippen LogP contribution in [-0.4, -0.2) is 43.2 Å². The molecule has 0 amide bonds. The number of Topliss-reactive ketones (excluding diaryl/α,β-unsaturated/α-hetero) is 2. The van der Waals surface area contributed by atoms with Crippen LogP contribution in [-0.2, 0) is 4.74 Å². The summed E-state index contributed by atoms with van der Waals surface area (Å²) in [6.07, 6.45) is 3.57. The number of ether oxygens (including phenoxy) is 1. The van der Waals surface area contributed by atoms with Gasteiger partial charge in [0.25, 0.3) is 0 Å². The van der Waals surface area contributed by atoms with Gasteiger partial charge in [0.05, 0.1) is 16.5 Å². The van der Waals surface area contributed by atoms with Crippen molar-refractivity contribution in [3.05, 3.63) is 47.1 Å². The number of halogens is 2. The van der Waals surface area contributed by atoms with Crippen LogP contribution in [0.25, 0.3) is 0 Å². The van der Waals surface area contributed by atoms with Gasteiger partial charge in [0.1, 0.15) is 11.5 Å². The third-order valence-electron chi connectivity index (χ3n) is 7.44. The maximum atomic E-state index is 14.1. The van der Waals surface area contributed by atoms with Crippen molar-refractivity contribution in [2.45, 2.75) is 68.4 Å². The summed E-state index contributed by atoms with van der Waals surface area (Å²) in [6, 6.07) is 2.29. The van der Waals surface area contributed by atoms with Crippen molar-refractivity contribution >= 4 is 39.1 Å². The Morgan fingerprint density at radius 2 is 1.88 bits per heavy atom. The Balaban J connectivity index is 1.95. The number of allylic oxidation sites excluding steroid dienone is 1. The number of benzene rings is 1. The minimum Gasteiger partial charge on any atom is -0.508 e. The molecule has 0 saturated heterocycles. The van der Waals surface area contributed by atoms with Gasteiger partial charge in [-0.25, -0.2) is 0 Å². The quantitative estimate of drug-likeness (QED) is 0.383. The highest BCUT2D eigenvalue weighted by atomic mass is 79.9. The van der Waals surface area contributed by atoms with Gasteiger partial charge < -0.3 is 14.9 Å². The third-order valence-corrected chi connectivity index (χ3v) is 9.73. The van der Waals surface area contributed by atoms with Gasteiger partial charge in [-0.2, -0.15) is 0 Å². The van der Waals surface area contributed by atoms with E-state index in [-0.39, 0.29) is 45.0 Å². The summed E-state index contributed by atoms with van der Waals surface area (Å²) in [7, 11) is 0. The monoisotopic (exact) mass is 522 g/mol. The van der Waals surface area contributed by atoms with E-state index in [1.54, 1.807) is 19.9 Å². The Bertz CT molecular complexity index is 1070. The molecule has 0 spiro atoms. The first-order chi connectivity index (χ1) is 14.7. The van der Waals surface area contributed by atoms with E-state index in [0.29, 0.717) is 0 Å². The van der Waals surface area contributed by atoms with Crippen LogP contribution >= 0.6 is 27.5 Å². The zero-order chi connectivity index (χ0) is 23.8. The fourth-order valence-corrected chi connectivity index (χ4v) is 6.11. The van der Waals surface area contributed by atoms with E-state index >= 15 is 0 Å². The minimum absolute atomic E-state index is 0.0388. The molecule has 1 aromatic carbocycles. The highest BCUT2D eigenvalue weighted by Crippen LogP contribution is 2.55. The number of alkyl halides is 2. The maximum absolute atomic E-state index is 14.1. The lowest BCUT2D eigenvalue weighted by atomic mass is 9.59. The van der Waals surface area contributed by atoms with Gasteiger partial charge in [-0.3, -0.25) is 9.59 Å². The molecule has 1 heterocycles. The van der Waals surface area contributed by atoms with Crippen LogP contribution in [0.1, 0.15) is 67.7 Å². The van der Waals surface area contributed by atoms with E-state index in [1.165, 1.54) is 6.07 Å². The molecule has 2 N–H and O–H groups in total. The third kappa shape index (κ3) is 3.29. The SMILES string of the molecule is C=C1CC[C@H](Br)C(C)(C)C1C[C@@]12OC(C)(C)[C@H](Cl)C=C1C(=O)c1c(O)cc(O)cc1C2=O. The average molecular weight is 524 g/mol. The Labute approximate surface area is 201 Å². The maximum Gasteiger partial charge on any atom is 0.200 e. The topological polar surface area (TPSA) is 83.8 Å². The molecule has 0 bridgehead atoms. The Morgan fingerprint density at radius 3 is 2.53 bits per heavy atom. The summed E-state index contributed by atoms with van der Waals surface area (Å²) < 4.78 is 6.49. The smallest absolute Gasteiger partial charge is 0.200 e. The highest BCUT2D eigenvalue weighted by Gasteiger charge is 2.60. The second-order valence-corrected chi connectivity index (χ2v) is 11.9. The average Bonchev–Trinajstić information content (AvgIpc) is 2.68. The zero-order valence-electron chi connectivity index (χ0n) is 18.7. The summed E-state index contributed by atoms with van der Waals surface area (Å²) in [5, 5.41) is 19.8. The fraction of sp³-hybridized carbons (Fsp3) is 0.520. The van der Waals surface area contributed by atoms with Crippen molar-refractivity contribution in [1.82, 2.24) is 0 Å². The van der Waals surface area contributed by atoms with Crippen LogP contribution in [0.5, 0.6) is 11.5 Å². The number of fused-ring (bicyclic) bond motifs is 2. The second-order valence-electron chi connectivity index (χ2n) is 10.3. The normalized spacial score (nSPS) is 33.4. The molecule has 0 aromatic heterocycles. The van der Waals surface area contributed by atoms with Crippen LogP contribution in [0.4, 0.5) is 0 Å². The van der Waals surface area contributed by atoms with Crippen molar-refractivity contribution in [2.24, 2.45) is 11.3 Å². The number of hydrogen-bond donors (Lipinski definition) is 2. The van der Waals surface area contributed by atoms with E-state index in [2.05, 4.69) is 36.4 Å². The molecule has 1 saturated carbocycles. The zero-order valence-corrected chi connectivity index (χ0v) is 21.0. The minimum atomic E-state index is -1.59. The van der Waals surface area contributed by atoms with Gasteiger partial charge in [0, 0.05) is 22.0 Å². The number of carbonyl (C=O) groups excluding carboxylic acids is 2. The van der Waals surface area contributed by atoms with E-state index in [4.69, 9.17) is 16.3 Å². The molecule has 3 aliphatic rings. The molecular formula is C25H28BrClO5. The molecule has 7 heteroatoms. The number of phenols is 2. The predicted octanol–water partition coefficient (Wildman–Crippen LogP) is 5.70. The molecular weight excluding hydrogens is 496 g/mol. The fourth-order valence-electron chi connectivity index (χ4n) is 5.39. The van der Waals surface area contributed by atoms with Crippen molar-refractivity contribution < 1.29 is 24.5 Å². The van der Waals surface area contributed by atoms with Gasteiger partial charge >= 0.3 is 0 Å². The van der Waals surface area contributed by atoms with E-state index in [0.717, 1.165) is 24.5 Å². The van der Waals surface area contributed by atoms with Crippen molar-refractivity contribution in [2.75, 3.05) is 0 Å². The Hall–Kier alpha value is -1.63. The van der Waals surface area contributed by atoms with Crippen molar-refractivity contribution in [3.63, 3.8) is 0 Å². The number of hydrogen-bond acceptors (Lipinski definition) is 5. The number of rotatable bonds is 2. The number of carbonyl (C=O) groups is 2. The molecule has 172 valence electrons. The lowest BCUT2D eigenvalue weighted by Gasteiger charge is -2.52. The standard InChI is InChI=1S/C25H28BrClO5/c1-12-6-7-18(26)23(2,3)16(12)11-25-15(10-19(27)24(4,5)32-25)21(30)20-14(22(25)31)8-13(28)9-17(20)29/h8-10,16,18-19,28-29H,1,6-7,11H2,2-5H3/t16?,18-,19+,25+/m0/s1. The molecule has 1 unspecified atom stereocenters. The van der Waals surface area contributed by atoms with Gasteiger partial charge in [-0.05, 0) is 50.5 Å². The van der Waals surface area contributed by atoms with Crippen LogP contribution in [0.15, 0.2) is 35.9 Å². The molecule has 1 fully saturated rings. The van der Waals surface area contributed by atoms with Gasteiger partial charge in [0.2, 0.25) is 0 Å².